The zero-order chi connectivity index (χ0) is 21.4. The molecule has 154 valence electrons. The number of ether oxygens (including phenoxy) is 2. The second-order valence-electron chi connectivity index (χ2n) is 5.92. The Kier molecular flexibility index (Phi) is 7.52. The molecule has 2 aromatic carbocycles. The number of para-hydroxylation sites is 1. The van der Waals surface area contributed by atoms with Crippen LogP contribution in [0.25, 0.3) is 6.08 Å². The lowest BCUT2D eigenvalue weighted by molar-refractivity contribution is -0.142. The highest BCUT2D eigenvalue weighted by atomic mass is 32.2. The zero-order valence-electron chi connectivity index (χ0n) is 16.3. The van der Waals surface area contributed by atoms with Crippen molar-refractivity contribution in [3.8, 4) is 5.75 Å². The SMILES string of the molecule is CNS(=O)(=O)c1cc(NC(=O)COC(=O)/C=C/c2ccccc2OC)ccc1C. The monoisotopic (exact) mass is 418 g/mol. The average molecular weight is 418 g/mol. The van der Waals surface area contributed by atoms with Crippen LogP contribution in [0.1, 0.15) is 11.1 Å². The molecule has 0 heterocycles. The van der Waals surface area contributed by atoms with Crippen LogP contribution in [-0.2, 0) is 24.3 Å². The third kappa shape index (κ3) is 6.16. The van der Waals surface area contributed by atoms with Crippen LogP contribution in [0.3, 0.4) is 0 Å². The van der Waals surface area contributed by atoms with E-state index in [4.69, 9.17) is 9.47 Å². The van der Waals surface area contributed by atoms with Gasteiger partial charge in [0.2, 0.25) is 10.0 Å². The van der Waals surface area contributed by atoms with Crippen LogP contribution in [0.2, 0.25) is 0 Å². The molecule has 2 rings (SSSR count). The quantitative estimate of drug-likeness (QED) is 0.502. The Morgan fingerprint density at radius 1 is 1.14 bits per heavy atom. The van der Waals surface area contributed by atoms with Crippen LogP contribution < -0.4 is 14.8 Å². The Hall–Kier alpha value is -3.17. The Balaban J connectivity index is 1.95. The minimum Gasteiger partial charge on any atom is -0.496 e. The molecule has 2 N–H and O–H groups in total. The van der Waals surface area contributed by atoms with Gasteiger partial charge in [-0.15, -0.1) is 0 Å². The van der Waals surface area contributed by atoms with Crippen molar-refractivity contribution in [3.63, 3.8) is 0 Å². The summed E-state index contributed by atoms with van der Waals surface area (Å²) in [7, 11) is -0.833. The molecule has 1 amide bonds. The predicted molar refractivity (Wildman–Crippen MR) is 109 cm³/mol. The molecule has 0 unspecified atom stereocenters. The van der Waals surface area contributed by atoms with Crippen LogP contribution in [0.15, 0.2) is 53.4 Å². The van der Waals surface area contributed by atoms with E-state index < -0.39 is 28.5 Å². The van der Waals surface area contributed by atoms with Gasteiger partial charge in [-0.25, -0.2) is 17.9 Å². The van der Waals surface area contributed by atoms with Gasteiger partial charge in [0.15, 0.2) is 6.61 Å². The van der Waals surface area contributed by atoms with Crippen LogP contribution in [-0.4, -0.2) is 41.1 Å². The molecule has 0 bridgehead atoms. The van der Waals surface area contributed by atoms with Crippen LogP contribution >= 0.6 is 0 Å². The summed E-state index contributed by atoms with van der Waals surface area (Å²) in [5, 5.41) is 2.50. The fourth-order valence-corrected chi connectivity index (χ4v) is 3.42. The van der Waals surface area contributed by atoms with Gasteiger partial charge in [0.1, 0.15) is 5.75 Å². The molecule has 0 radical (unpaired) electrons. The largest absolute Gasteiger partial charge is 0.496 e. The van der Waals surface area contributed by atoms with Crippen molar-refractivity contribution in [1.29, 1.82) is 0 Å². The fraction of sp³-hybridized carbons (Fsp3) is 0.200. The summed E-state index contributed by atoms with van der Waals surface area (Å²) in [6, 6.07) is 11.6. The van der Waals surface area contributed by atoms with Gasteiger partial charge in [-0.3, -0.25) is 4.79 Å². The van der Waals surface area contributed by atoms with Gasteiger partial charge in [0.25, 0.3) is 5.91 Å². The normalized spacial score (nSPS) is 11.3. The van der Waals surface area contributed by atoms with Gasteiger partial charge < -0.3 is 14.8 Å². The number of carbonyl (C=O) groups excluding carboxylic acids is 2. The summed E-state index contributed by atoms with van der Waals surface area (Å²) in [4.78, 5) is 23.9. The number of anilines is 1. The molecule has 0 aliphatic rings. The molecule has 0 fully saturated rings. The first kappa shape index (κ1) is 22.1. The number of esters is 1. The Bertz CT molecular complexity index is 1030. The maximum absolute atomic E-state index is 12.0. The second kappa shape index (κ2) is 9.85. The number of rotatable bonds is 8. The molecule has 9 heteroatoms. The lowest BCUT2D eigenvalue weighted by Gasteiger charge is -2.10. The van der Waals surface area contributed by atoms with Crippen LogP contribution in [0.4, 0.5) is 5.69 Å². The van der Waals surface area contributed by atoms with E-state index in [2.05, 4.69) is 10.0 Å². The molecule has 0 saturated carbocycles. The van der Waals surface area contributed by atoms with Crippen molar-refractivity contribution in [3.05, 3.63) is 59.7 Å². The van der Waals surface area contributed by atoms with E-state index in [1.165, 1.54) is 32.4 Å². The minimum absolute atomic E-state index is 0.0505. The highest BCUT2D eigenvalue weighted by Gasteiger charge is 2.16. The van der Waals surface area contributed by atoms with Gasteiger partial charge in [0, 0.05) is 17.3 Å². The maximum Gasteiger partial charge on any atom is 0.331 e. The predicted octanol–water partition coefficient (Wildman–Crippen LogP) is 2.11. The van der Waals surface area contributed by atoms with Crippen LogP contribution in [0.5, 0.6) is 5.75 Å². The van der Waals surface area contributed by atoms with Gasteiger partial charge in [-0.2, -0.15) is 0 Å². The number of carbonyl (C=O) groups is 2. The molecule has 0 spiro atoms. The highest BCUT2D eigenvalue weighted by Crippen LogP contribution is 2.20. The molecule has 8 nitrogen and oxygen atoms in total. The summed E-state index contributed by atoms with van der Waals surface area (Å²) in [6.07, 6.45) is 2.71. The van der Waals surface area contributed by atoms with Crippen LogP contribution in [0, 0.1) is 6.92 Å². The van der Waals surface area contributed by atoms with Gasteiger partial charge in [0.05, 0.1) is 12.0 Å². The van der Waals surface area contributed by atoms with Crippen molar-refractivity contribution in [1.82, 2.24) is 4.72 Å². The highest BCUT2D eigenvalue weighted by molar-refractivity contribution is 7.89. The number of aryl methyl sites for hydroxylation is 1. The van der Waals surface area contributed by atoms with Gasteiger partial charge >= 0.3 is 5.97 Å². The first-order chi connectivity index (χ1) is 13.8. The molecule has 0 aromatic heterocycles. The molecule has 0 atom stereocenters. The summed E-state index contributed by atoms with van der Waals surface area (Å²) < 4.78 is 36.3. The van der Waals surface area contributed by atoms with Gasteiger partial charge in [-0.05, 0) is 43.8 Å². The molecule has 29 heavy (non-hydrogen) atoms. The van der Waals surface area contributed by atoms with Crippen molar-refractivity contribution in [2.24, 2.45) is 0 Å². The number of hydrogen-bond acceptors (Lipinski definition) is 6. The first-order valence-electron chi connectivity index (χ1n) is 8.58. The van der Waals surface area contributed by atoms with E-state index in [0.29, 0.717) is 16.9 Å². The van der Waals surface area contributed by atoms with E-state index in [9.17, 15) is 18.0 Å². The Morgan fingerprint density at radius 2 is 1.86 bits per heavy atom. The van der Waals surface area contributed by atoms with Crippen molar-refractivity contribution < 1.29 is 27.5 Å². The lowest BCUT2D eigenvalue weighted by atomic mass is 10.2. The molecular formula is C20H22N2O6S. The van der Waals surface area contributed by atoms with Gasteiger partial charge in [-0.1, -0.05) is 24.3 Å². The molecule has 2 aromatic rings. The molecular weight excluding hydrogens is 396 g/mol. The third-order valence-electron chi connectivity index (χ3n) is 3.91. The topological polar surface area (TPSA) is 111 Å². The number of benzene rings is 2. The average Bonchev–Trinajstić information content (AvgIpc) is 2.72. The number of methoxy groups -OCH3 is 1. The maximum atomic E-state index is 12.0. The molecule has 0 aliphatic heterocycles. The number of hydrogen-bond donors (Lipinski definition) is 2. The number of amides is 1. The van der Waals surface area contributed by atoms with E-state index in [1.54, 1.807) is 43.3 Å². The summed E-state index contributed by atoms with van der Waals surface area (Å²) >= 11 is 0. The number of sulfonamides is 1. The Morgan fingerprint density at radius 3 is 2.55 bits per heavy atom. The minimum atomic E-state index is -3.66. The summed E-state index contributed by atoms with van der Waals surface area (Å²) in [5.41, 5.74) is 1.50. The Labute approximate surface area is 169 Å². The van der Waals surface area contributed by atoms with E-state index in [1.807, 2.05) is 0 Å². The third-order valence-corrected chi connectivity index (χ3v) is 5.47. The number of nitrogens with one attached hydrogen (secondary N) is 2. The summed E-state index contributed by atoms with van der Waals surface area (Å²) in [5.74, 6) is -0.699. The second-order valence-corrected chi connectivity index (χ2v) is 7.77. The summed E-state index contributed by atoms with van der Waals surface area (Å²) in [6.45, 7) is 1.13. The first-order valence-corrected chi connectivity index (χ1v) is 10.1. The van der Waals surface area contributed by atoms with E-state index in [0.717, 1.165) is 0 Å². The molecule has 0 aliphatic carbocycles. The van der Waals surface area contributed by atoms with E-state index in [-0.39, 0.29) is 10.6 Å². The van der Waals surface area contributed by atoms with Crippen molar-refractivity contribution in [2.75, 3.05) is 26.1 Å². The standard InChI is InChI=1S/C20H22N2O6S/c1-14-8-10-16(12-18(14)29(25,26)21-2)22-19(23)13-28-20(24)11-9-15-6-4-5-7-17(15)27-3/h4-12,21H,13H2,1-3H3,(H,22,23)/b11-9+. The fourth-order valence-electron chi connectivity index (χ4n) is 2.42. The van der Waals surface area contributed by atoms with Crippen molar-refractivity contribution in [2.45, 2.75) is 11.8 Å². The van der Waals surface area contributed by atoms with Crippen molar-refractivity contribution >= 4 is 33.7 Å². The smallest absolute Gasteiger partial charge is 0.331 e. The molecule has 0 saturated heterocycles. The zero-order valence-corrected chi connectivity index (χ0v) is 17.1. The van der Waals surface area contributed by atoms with E-state index >= 15 is 0 Å². The lowest BCUT2D eigenvalue weighted by Crippen LogP contribution is -2.22.